The van der Waals surface area contributed by atoms with E-state index in [9.17, 15) is 9.59 Å². The number of thioether (sulfide) groups is 1. The highest BCUT2D eigenvalue weighted by Crippen LogP contribution is 2.22. The van der Waals surface area contributed by atoms with Crippen molar-refractivity contribution >= 4 is 23.5 Å². The summed E-state index contributed by atoms with van der Waals surface area (Å²) < 4.78 is 0. The van der Waals surface area contributed by atoms with Gasteiger partial charge in [0.2, 0.25) is 5.91 Å². The Balaban J connectivity index is 1.93. The maximum atomic E-state index is 12.2. The van der Waals surface area contributed by atoms with Crippen LogP contribution >= 0.6 is 11.8 Å². The summed E-state index contributed by atoms with van der Waals surface area (Å²) in [6.45, 7) is 5.95. The molecule has 20 heavy (non-hydrogen) atoms. The summed E-state index contributed by atoms with van der Waals surface area (Å²) in [7, 11) is 0. The van der Waals surface area contributed by atoms with Crippen LogP contribution in [0.5, 0.6) is 0 Å². The van der Waals surface area contributed by atoms with Crippen LogP contribution in [-0.2, 0) is 4.79 Å². The number of nitrogens with zero attached hydrogens (tertiary/aromatic N) is 2. The van der Waals surface area contributed by atoms with Crippen LogP contribution in [0.25, 0.3) is 0 Å². The van der Waals surface area contributed by atoms with Gasteiger partial charge in [0.15, 0.2) is 5.16 Å². The molecule has 1 amide bonds. The van der Waals surface area contributed by atoms with Crippen LogP contribution in [0.3, 0.4) is 0 Å². The Morgan fingerprint density at radius 1 is 1.50 bits per heavy atom. The number of amides is 1. The number of hydrogen-bond acceptors (Lipinski definition) is 5. The number of anilines is 1. The predicted octanol–water partition coefficient (Wildman–Crippen LogP) is 0.949. The van der Waals surface area contributed by atoms with E-state index in [1.807, 2.05) is 4.90 Å². The minimum Gasteiger partial charge on any atom is -0.383 e. The van der Waals surface area contributed by atoms with Gasteiger partial charge in [0, 0.05) is 19.2 Å². The van der Waals surface area contributed by atoms with Crippen molar-refractivity contribution in [1.29, 1.82) is 0 Å². The Morgan fingerprint density at radius 3 is 2.75 bits per heavy atom. The van der Waals surface area contributed by atoms with Crippen molar-refractivity contribution in [2.24, 2.45) is 11.8 Å². The summed E-state index contributed by atoms with van der Waals surface area (Å²) in [6, 6.07) is 1.22. The standard InChI is InChI=1S/C13H20N4O2S/c1-8-3-9(2)6-17(5-8)12(19)7-20-13-15-10(14)4-11(18)16-13/h4,8-9H,3,5-7H2,1-2H3,(H3,14,15,16,18)/t8-,9-/m1/s1. The van der Waals surface area contributed by atoms with Crippen molar-refractivity contribution < 1.29 is 4.79 Å². The molecule has 3 N–H and O–H groups in total. The number of likely N-dealkylation sites (tertiary alicyclic amines) is 1. The molecule has 0 aromatic carbocycles. The van der Waals surface area contributed by atoms with Gasteiger partial charge in [0.1, 0.15) is 5.82 Å². The first kappa shape index (κ1) is 14.9. The van der Waals surface area contributed by atoms with Gasteiger partial charge in [-0.05, 0) is 18.3 Å². The largest absolute Gasteiger partial charge is 0.383 e. The molecule has 0 spiro atoms. The van der Waals surface area contributed by atoms with Crippen molar-refractivity contribution in [3.63, 3.8) is 0 Å². The number of nitrogens with two attached hydrogens (primary N) is 1. The highest BCUT2D eigenvalue weighted by atomic mass is 32.2. The first-order valence-corrected chi connectivity index (χ1v) is 7.70. The SMILES string of the molecule is C[C@@H]1C[C@@H](C)CN(C(=O)CSc2nc(N)cc(=O)[nH]2)C1. The normalized spacial score (nSPS) is 22.8. The molecule has 0 saturated carbocycles. The Hall–Kier alpha value is -1.50. The van der Waals surface area contributed by atoms with Crippen LogP contribution in [0.1, 0.15) is 20.3 Å². The number of hydrogen-bond donors (Lipinski definition) is 2. The Kier molecular flexibility index (Phi) is 4.69. The molecule has 1 aliphatic heterocycles. The average Bonchev–Trinajstić information content (AvgIpc) is 2.33. The summed E-state index contributed by atoms with van der Waals surface area (Å²) in [5, 5.41) is 0.390. The molecule has 0 aliphatic carbocycles. The minimum atomic E-state index is -0.298. The number of piperidine rings is 1. The molecule has 2 heterocycles. The van der Waals surface area contributed by atoms with E-state index < -0.39 is 0 Å². The predicted molar refractivity (Wildman–Crippen MR) is 79.5 cm³/mol. The summed E-state index contributed by atoms with van der Waals surface area (Å²) in [5.41, 5.74) is 5.21. The van der Waals surface area contributed by atoms with Gasteiger partial charge in [-0.3, -0.25) is 9.59 Å². The lowest BCUT2D eigenvalue weighted by molar-refractivity contribution is -0.130. The monoisotopic (exact) mass is 296 g/mol. The fourth-order valence-electron chi connectivity index (χ4n) is 2.61. The fourth-order valence-corrected chi connectivity index (χ4v) is 3.40. The molecular weight excluding hydrogens is 276 g/mol. The van der Waals surface area contributed by atoms with Gasteiger partial charge in [-0.2, -0.15) is 0 Å². The van der Waals surface area contributed by atoms with Gasteiger partial charge in [0.05, 0.1) is 5.75 Å². The molecule has 0 unspecified atom stereocenters. The van der Waals surface area contributed by atoms with Crippen LogP contribution in [-0.4, -0.2) is 39.6 Å². The molecule has 7 heteroatoms. The Morgan fingerprint density at radius 2 is 2.15 bits per heavy atom. The molecule has 6 nitrogen and oxygen atoms in total. The topological polar surface area (TPSA) is 92.1 Å². The number of carbonyl (C=O) groups is 1. The lowest BCUT2D eigenvalue weighted by Crippen LogP contribution is -2.43. The molecule has 1 saturated heterocycles. The number of carbonyl (C=O) groups excluding carboxylic acids is 1. The maximum absolute atomic E-state index is 12.2. The second kappa shape index (κ2) is 6.30. The molecule has 1 aromatic heterocycles. The van der Waals surface area contributed by atoms with Gasteiger partial charge < -0.3 is 15.6 Å². The van der Waals surface area contributed by atoms with Crippen molar-refractivity contribution in [3.8, 4) is 0 Å². The third-order valence-electron chi connectivity index (χ3n) is 3.29. The molecule has 0 radical (unpaired) electrons. The number of rotatable bonds is 3. The quantitative estimate of drug-likeness (QED) is 0.640. The fraction of sp³-hybridized carbons (Fsp3) is 0.615. The molecular formula is C13H20N4O2S. The van der Waals surface area contributed by atoms with Gasteiger partial charge in [-0.25, -0.2) is 4.98 Å². The summed E-state index contributed by atoms with van der Waals surface area (Å²) >= 11 is 1.22. The van der Waals surface area contributed by atoms with E-state index in [-0.39, 0.29) is 23.0 Å². The molecule has 0 bridgehead atoms. The van der Waals surface area contributed by atoms with Gasteiger partial charge >= 0.3 is 0 Å². The van der Waals surface area contributed by atoms with E-state index in [2.05, 4.69) is 23.8 Å². The number of H-pyrrole nitrogens is 1. The van der Waals surface area contributed by atoms with Gasteiger partial charge in [0.25, 0.3) is 5.56 Å². The third-order valence-corrected chi connectivity index (χ3v) is 4.15. The van der Waals surface area contributed by atoms with E-state index in [0.29, 0.717) is 17.0 Å². The van der Waals surface area contributed by atoms with E-state index in [1.165, 1.54) is 24.2 Å². The van der Waals surface area contributed by atoms with Crippen molar-refractivity contribution in [3.05, 3.63) is 16.4 Å². The van der Waals surface area contributed by atoms with E-state index in [4.69, 9.17) is 5.73 Å². The van der Waals surface area contributed by atoms with Crippen LogP contribution in [0.4, 0.5) is 5.82 Å². The molecule has 1 aliphatic rings. The number of aromatic nitrogens is 2. The van der Waals surface area contributed by atoms with Crippen molar-refractivity contribution in [1.82, 2.24) is 14.9 Å². The van der Waals surface area contributed by atoms with Crippen LogP contribution in [0.15, 0.2) is 16.0 Å². The highest BCUT2D eigenvalue weighted by molar-refractivity contribution is 7.99. The summed E-state index contributed by atoms with van der Waals surface area (Å²) in [5.74, 6) is 1.60. The Labute approximate surface area is 122 Å². The molecule has 110 valence electrons. The molecule has 1 fully saturated rings. The first-order chi connectivity index (χ1) is 9.44. The van der Waals surface area contributed by atoms with E-state index >= 15 is 0 Å². The lowest BCUT2D eigenvalue weighted by Gasteiger charge is -2.34. The van der Waals surface area contributed by atoms with Crippen LogP contribution < -0.4 is 11.3 Å². The molecule has 1 aromatic rings. The average molecular weight is 296 g/mol. The number of nitrogens with one attached hydrogen (secondary N) is 1. The van der Waals surface area contributed by atoms with Crippen molar-refractivity contribution in [2.45, 2.75) is 25.4 Å². The zero-order chi connectivity index (χ0) is 14.7. The van der Waals surface area contributed by atoms with Gasteiger partial charge in [-0.1, -0.05) is 25.6 Å². The van der Waals surface area contributed by atoms with E-state index in [1.54, 1.807) is 0 Å². The van der Waals surface area contributed by atoms with Crippen LogP contribution in [0.2, 0.25) is 0 Å². The lowest BCUT2D eigenvalue weighted by atomic mass is 9.92. The summed E-state index contributed by atoms with van der Waals surface area (Å²) in [4.78, 5) is 31.9. The second-order valence-electron chi connectivity index (χ2n) is 5.51. The van der Waals surface area contributed by atoms with Gasteiger partial charge in [-0.15, -0.1) is 0 Å². The van der Waals surface area contributed by atoms with Crippen molar-refractivity contribution in [2.75, 3.05) is 24.6 Å². The number of aromatic amines is 1. The molecule has 2 rings (SSSR count). The maximum Gasteiger partial charge on any atom is 0.253 e. The molecule has 2 atom stereocenters. The highest BCUT2D eigenvalue weighted by Gasteiger charge is 2.25. The zero-order valence-electron chi connectivity index (χ0n) is 11.8. The third kappa shape index (κ3) is 4.00. The summed E-state index contributed by atoms with van der Waals surface area (Å²) in [6.07, 6.45) is 1.17. The minimum absolute atomic E-state index is 0.0819. The second-order valence-corrected chi connectivity index (χ2v) is 6.47. The number of nitrogen functional groups attached to an aromatic ring is 1. The zero-order valence-corrected chi connectivity index (χ0v) is 12.6. The van der Waals surface area contributed by atoms with E-state index in [0.717, 1.165) is 13.1 Å². The van der Waals surface area contributed by atoms with Crippen LogP contribution in [0, 0.1) is 11.8 Å². The first-order valence-electron chi connectivity index (χ1n) is 6.71. The smallest absolute Gasteiger partial charge is 0.253 e. The Bertz CT molecular complexity index is 535.